The summed E-state index contributed by atoms with van der Waals surface area (Å²) >= 11 is 0. The first-order valence-electron chi connectivity index (χ1n) is 6.51. The third kappa shape index (κ3) is 5.70. The predicted molar refractivity (Wildman–Crippen MR) is 74.0 cm³/mol. The summed E-state index contributed by atoms with van der Waals surface area (Å²) in [6, 6.07) is 3.39. The lowest BCUT2D eigenvalue weighted by Gasteiger charge is -2.20. The summed E-state index contributed by atoms with van der Waals surface area (Å²) in [4.78, 5) is 13.5. The Kier molecular flexibility index (Phi) is 7.89. The summed E-state index contributed by atoms with van der Waals surface area (Å²) < 4.78 is 15.6. The van der Waals surface area contributed by atoms with Gasteiger partial charge in [0, 0.05) is 33.9 Å². The Morgan fingerprint density at radius 3 is 2.70 bits per heavy atom. The summed E-state index contributed by atoms with van der Waals surface area (Å²) in [5.74, 6) is 5.56. The second-order valence-corrected chi connectivity index (χ2v) is 4.35. The molecule has 114 valence electrons. The smallest absolute Gasteiger partial charge is 0.300 e. The molecule has 3 N–H and O–H groups in total. The summed E-state index contributed by atoms with van der Waals surface area (Å²) in [5.41, 5.74) is 2.04. The molecule has 0 aromatic carbocycles. The molecule has 1 heterocycles. The third-order valence-corrected chi connectivity index (χ3v) is 2.83. The van der Waals surface area contributed by atoms with Crippen LogP contribution in [0.5, 0.6) is 0 Å². The molecule has 7 heteroatoms. The number of nitrogens with zero attached hydrogens (tertiary/aromatic N) is 1. The van der Waals surface area contributed by atoms with Crippen molar-refractivity contribution >= 4 is 5.91 Å². The average molecular weight is 285 g/mol. The van der Waals surface area contributed by atoms with Crippen LogP contribution in [0.2, 0.25) is 0 Å². The van der Waals surface area contributed by atoms with Crippen molar-refractivity contribution in [3.8, 4) is 0 Å². The molecule has 20 heavy (non-hydrogen) atoms. The maximum atomic E-state index is 11.3. The van der Waals surface area contributed by atoms with E-state index in [0.29, 0.717) is 19.8 Å². The number of amides is 1. The summed E-state index contributed by atoms with van der Waals surface area (Å²) in [6.07, 6.45) is 0.928. The fourth-order valence-corrected chi connectivity index (χ4v) is 1.80. The second-order valence-electron chi connectivity index (χ2n) is 4.35. The van der Waals surface area contributed by atoms with Crippen LogP contribution in [0.3, 0.4) is 0 Å². The third-order valence-electron chi connectivity index (χ3n) is 2.83. The maximum absolute atomic E-state index is 11.3. The molecule has 1 aromatic heterocycles. The van der Waals surface area contributed by atoms with Gasteiger partial charge in [-0.25, -0.2) is 5.84 Å². The minimum atomic E-state index is -0.431. The number of nitrogens with two attached hydrogens (primary N) is 1. The second kappa shape index (κ2) is 9.49. The number of carbonyl (C=O) groups is 1. The normalized spacial score (nSPS) is 11.0. The zero-order chi connectivity index (χ0) is 14.8. The quantitative estimate of drug-likeness (QED) is 0.279. The Labute approximate surface area is 119 Å². The lowest BCUT2D eigenvalue weighted by atomic mass is 10.3. The highest BCUT2D eigenvalue weighted by Gasteiger charge is 2.12. The van der Waals surface area contributed by atoms with Crippen molar-refractivity contribution in [3.05, 3.63) is 23.7 Å². The molecule has 1 aromatic rings. The van der Waals surface area contributed by atoms with Gasteiger partial charge in [-0.15, -0.1) is 0 Å². The van der Waals surface area contributed by atoms with E-state index in [1.54, 1.807) is 26.4 Å². The van der Waals surface area contributed by atoms with E-state index in [0.717, 1.165) is 25.3 Å². The number of carbonyl (C=O) groups excluding carboxylic acids is 1. The van der Waals surface area contributed by atoms with Gasteiger partial charge in [0.2, 0.25) is 0 Å². The number of hydrogen-bond acceptors (Lipinski definition) is 6. The first kappa shape index (κ1) is 16.6. The molecular weight excluding hydrogens is 262 g/mol. The predicted octanol–water partition coefficient (Wildman–Crippen LogP) is 0.368. The van der Waals surface area contributed by atoms with E-state index < -0.39 is 5.91 Å². The van der Waals surface area contributed by atoms with Gasteiger partial charge in [-0.1, -0.05) is 0 Å². The first-order valence-corrected chi connectivity index (χ1v) is 6.51. The molecule has 0 radical (unpaired) electrons. The molecule has 0 fully saturated rings. The van der Waals surface area contributed by atoms with Crippen molar-refractivity contribution < 1.29 is 18.7 Å². The molecule has 0 saturated carbocycles. The van der Waals surface area contributed by atoms with Gasteiger partial charge in [0.05, 0.1) is 13.2 Å². The number of hydrogen-bond donors (Lipinski definition) is 2. The van der Waals surface area contributed by atoms with Crippen molar-refractivity contribution in [2.75, 3.05) is 40.5 Å². The number of nitrogen functional groups attached to an aromatic ring is 1. The van der Waals surface area contributed by atoms with Crippen molar-refractivity contribution in [1.82, 2.24) is 10.3 Å². The number of rotatable bonds is 10. The maximum Gasteiger partial charge on any atom is 0.300 e. The molecule has 7 nitrogen and oxygen atoms in total. The lowest BCUT2D eigenvalue weighted by Crippen LogP contribution is -2.30. The minimum absolute atomic E-state index is 0.214. The van der Waals surface area contributed by atoms with Crippen LogP contribution in [-0.2, 0) is 16.0 Å². The number of hydrazine groups is 1. The molecule has 1 rings (SSSR count). The summed E-state index contributed by atoms with van der Waals surface area (Å²) in [6.45, 7) is 3.63. The highest BCUT2D eigenvalue weighted by molar-refractivity contribution is 5.90. The van der Waals surface area contributed by atoms with Crippen LogP contribution in [0, 0.1) is 0 Å². The van der Waals surface area contributed by atoms with Gasteiger partial charge < -0.3 is 13.9 Å². The number of methoxy groups -OCH3 is 2. The number of furan rings is 1. The lowest BCUT2D eigenvalue weighted by molar-refractivity contribution is 0.0918. The topological polar surface area (TPSA) is 90.0 Å². The largest absolute Gasteiger partial charge is 0.455 e. The molecule has 0 saturated heterocycles. The van der Waals surface area contributed by atoms with Crippen molar-refractivity contribution in [2.45, 2.75) is 13.0 Å². The molecular formula is C13H23N3O4. The summed E-state index contributed by atoms with van der Waals surface area (Å²) in [5, 5.41) is 0. The standard InChI is InChI=1S/C13H23N3O4/c1-18-8-3-6-16(7-9-19-2)10-11-4-5-12(20-11)13(17)15-14/h4-5H,3,6-10,14H2,1-2H3,(H,15,17). The minimum Gasteiger partial charge on any atom is -0.455 e. The van der Waals surface area contributed by atoms with Crippen LogP contribution < -0.4 is 11.3 Å². The van der Waals surface area contributed by atoms with Crippen molar-refractivity contribution in [2.24, 2.45) is 5.84 Å². The Hall–Kier alpha value is -1.41. The highest BCUT2D eigenvalue weighted by atomic mass is 16.5. The Balaban J connectivity index is 2.53. The molecule has 1 amide bonds. The van der Waals surface area contributed by atoms with Gasteiger partial charge in [-0.3, -0.25) is 15.1 Å². The van der Waals surface area contributed by atoms with Crippen LogP contribution >= 0.6 is 0 Å². The van der Waals surface area contributed by atoms with Crippen LogP contribution in [-0.4, -0.2) is 51.3 Å². The SMILES string of the molecule is COCCCN(CCOC)Cc1ccc(C(=O)NN)o1. The van der Waals surface area contributed by atoms with E-state index in [1.165, 1.54) is 0 Å². The van der Waals surface area contributed by atoms with Crippen molar-refractivity contribution in [1.29, 1.82) is 0 Å². The fourth-order valence-electron chi connectivity index (χ4n) is 1.80. The van der Waals surface area contributed by atoms with Crippen LogP contribution in [0.25, 0.3) is 0 Å². The van der Waals surface area contributed by atoms with E-state index in [9.17, 15) is 4.79 Å². The molecule has 0 spiro atoms. The highest BCUT2D eigenvalue weighted by Crippen LogP contribution is 2.11. The average Bonchev–Trinajstić information content (AvgIpc) is 2.92. The van der Waals surface area contributed by atoms with Gasteiger partial charge in [-0.05, 0) is 18.6 Å². The van der Waals surface area contributed by atoms with Gasteiger partial charge in [0.25, 0.3) is 0 Å². The molecule has 0 aliphatic heterocycles. The van der Waals surface area contributed by atoms with Gasteiger partial charge in [0.15, 0.2) is 5.76 Å². The van der Waals surface area contributed by atoms with Crippen LogP contribution in [0.1, 0.15) is 22.7 Å². The Morgan fingerprint density at radius 2 is 2.05 bits per heavy atom. The van der Waals surface area contributed by atoms with E-state index in [1.807, 2.05) is 5.43 Å². The Bertz CT molecular complexity index is 395. The van der Waals surface area contributed by atoms with E-state index in [-0.39, 0.29) is 5.76 Å². The first-order chi connectivity index (χ1) is 9.71. The Morgan fingerprint density at radius 1 is 1.30 bits per heavy atom. The molecule has 0 aliphatic rings. The zero-order valence-corrected chi connectivity index (χ0v) is 12.1. The monoisotopic (exact) mass is 285 g/mol. The van der Waals surface area contributed by atoms with Gasteiger partial charge in [-0.2, -0.15) is 0 Å². The van der Waals surface area contributed by atoms with Crippen molar-refractivity contribution in [3.63, 3.8) is 0 Å². The van der Waals surface area contributed by atoms with Crippen LogP contribution in [0.4, 0.5) is 0 Å². The molecule has 0 unspecified atom stereocenters. The summed E-state index contributed by atoms with van der Waals surface area (Å²) in [7, 11) is 3.35. The molecule has 0 bridgehead atoms. The van der Waals surface area contributed by atoms with Gasteiger partial charge in [0.1, 0.15) is 5.76 Å². The van der Waals surface area contributed by atoms with E-state index in [2.05, 4.69) is 4.90 Å². The van der Waals surface area contributed by atoms with Gasteiger partial charge >= 0.3 is 5.91 Å². The van der Waals surface area contributed by atoms with Crippen LogP contribution in [0.15, 0.2) is 16.5 Å². The fraction of sp³-hybridized carbons (Fsp3) is 0.615. The number of nitrogens with one attached hydrogen (secondary N) is 1. The molecule has 0 aliphatic carbocycles. The number of ether oxygens (including phenoxy) is 2. The zero-order valence-electron chi connectivity index (χ0n) is 12.1. The van der Waals surface area contributed by atoms with E-state index >= 15 is 0 Å². The van der Waals surface area contributed by atoms with E-state index in [4.69, 9.17) is 19.7 Å². The molecule has 0 atom stereocenters.